The van der Waals surface area contributed by atoms with Gasteiger partial charge >= 0.3 is 95.7 Å². The second-order valence-electron chi connectivity index (χ2n) is 1.36. The van der Waals surface area contributed by atoms with E-state index in [0.29, 0.717) is 0 Å². The molecule has 0 spiro atoms. The molecule has 0 atom stereocenters. The van der Waals surface area contributed by atoms with Crippen LogP contribution in [0.5, 0.6) is 0 Å². The first kappa shape index (κ1) is 12.4. The Morgan fingerprint density at radius 3 is 1.73 bits per heavy atom. The van der Waals surface area contributed by atoms with E-state index in [0.717, 1.165) is 8.64 Å². The van der Waals surface area contributed by atoms with Crippen LogP contribution >= 0.6 is 41.1 Å². The van der Waals surface area contributed by atoms with Crippen molar-refractivity contribution in [2.45, 2.75) is 0 Å². The van der Waals surface area contributed by atoms with E-state index in [1.165, 1.54) is 0 Å². The Hall–Kier alpha value is 1.40. The topological polar surface area (TPSA) is 24.1 Å². The van der Waals surface area contributed by atoms with Crippen molar-refractivity contribution in [1.29, 1.82) is 0 Å². The molecule has 2 N–H and O–H groups in total. The number of hydrogen-bond donors (Lipinski definition) is 2. The summed E-state index contributed by atoms with van der Waals surface area (Å²) in [5, 5.41) is 5.85. The van der Waals surface area contributed by atoms with E-state index in [9.17, 15) is 0 Å². The van der Waals surface area contributed by atoms with Crippen molar-refractivity contribution in [2.75, 3.05) is 14.1 Å². The minimum atomic E-state index is -0.736. The predicted molar refractivity (Wildman–Crippen MR) is 64.3 cm³/mol. The fourth-order valence-electron chi connectivity index (χ4n) is 0.199. The maximum absolute atomic E-state index is 4.97. The SMILES string of the molecule is CNC(=S)[S][Pb][S]C(=S)NC. The second kappa shape index (κ2) is 8.02. The van der Waals surface area contributed by atoms with Crippen LogP contribution in [0.25, 0.3) is 0 Å². The normalized spacial score (nSPS) is 8.91. The molecule has 0 amide bonds. The van der Waals surface area contributed by atoms with Crippen LogP contribution in [-0.4, -0.2) is 44.0 Å². The van der Waals surface area contributed by atoms with Gasteiger partial charge in [-0.25, -0.2) is 0 Å². The summed E-state index contributed by atoms with van der Waals surface area (Å²) in [5.41, 5.74) is 0. The average Bonchev–Trinajstić information content (AvgIpc) is 2.04. The fourth-order valence-corrected chi connectivity index (χ4v) is 15.7. The summed E-state index contributed by atoms with van der Waals surface area (Å²) >= 11 is 9.20. The van der Waals surface area contributed by atoms with Gasteiger partial charge in [-0.05, 0) is 0 Å². The maximum atomic E-state index is 4.97. The molecule has 0 saturated heterocycles. The van der Waals surface area contributed by atoms with E-state index in [4.69, 9.17) is 24.4 Å². The number of rotatable bonds is 2. The molecular formula is C4H8N2PbS4. The van der Waals surface area contributed by atoms with Crippen LogP contribution in [0.15, 0.2) is 0 Å². The van der Waals surface area contributed by atoms with E-state index >= 15 is 0 Å². The molecule has 0 aliphatic heterocycles. The first-order chi connectivity index (χ1) is 5.20. The summed E-state index contributed by atoms with van der Waals surface area (Å²) in [6, 6.07) is 0. The fraction of sp³-hybridized carbons (Fsp3) is 0.500. The molecule has 0 saturated carbocycles. The summed E-state index contributed by atoms with van der Waals surface area (Å²) < 4.78 is 1.78. The summed E-state index contributed by atoms with van der Waals surface area (Å²) in [4.78, 5) is 0. The van der Waals surface area contributed by atoms with Gasteiger partial charge in [-0.1, -0.05) is 0 Å². The molecule has 0 heterocycles. The number of nitrogens with one attached hydrogen (secondary N) is 2. The van der Waals surface area contributed by atoms with Gasteiger partial charge in [0.05, 0.1) is 0 Å². The van der Waals surface area contributed by atoms with Crippen molar-refractivity contribution in [2.24, 2.45) is 0 Å². The molecule has 11 heavy (non-hydrogen) atoms. The molecule has 0 bridgehead atoms. The summed E-state index contributed by atoms with van der Waals surface area (Å²) in [5.74, 6) is 0. The number of thiocarbonyl (C=S) groups is 2. The third-order valence-corrected chi connectivity index (χ3v) is 17.1. The van der Waals surface area contributed by atoms with Crippen LogP contribution in [0.4, 0.5) is 0 Å². The zero-order valence-electron chi connectivity index (χ0n) is 6.13. The molecule has 2 radical (unpaired) electrons. The molecule has 7 heteroatoms. The molecule has 0 aliphatic rings. The van der Waals surface area contributed by atoms with Crippen LogP contribution in [-0.2, 0) is 0 Å². The van der Waals surface area contributed by atoms with Crippen LogP contribution in [0, 0.1) is 0 Å². The zero-order chi connectivity index (χ0) is 8.69. The molecule has 2 nitrogen and oxygen atoms in total. The van der Waals surface area contributed by atoms with Crippen LogP contribution in [0.1, 0.15) is 0 Å². The van der Waals surface area contributed by atoms with Gasteiger partial charge in [-0.3, -0.25) is 0 Å². The van der Waals surface area contributed by atoms with E-state index in [1.54, 1.807) is 16.6 Å². The molecular weight excluding hydrogens is 412 g/mol. The van der Waals surface area contributed by atoms with Crippen LogP contribution in [0.3, 0.4) is 0 Å². The molecule has 0 fully saturated rings. The monoisotopic (exact) mass is 420 g/mol. The van der Waals surface area contributed by atoms with E-state index in [1.807, 2.05) is 14.1 Å². The Morgan fingerprint density at radius 2 is 1.45 bits per heavy atom. The van der Waals surface area contributed by atoms with Gasteiger partial charge in [0.15, 0.2) is 0 Å². The Morgan fingerprint density at radius 1 is 1.09 bits per heavy atom. The number of hydrogen-bond acceptors (Lipinski definition) is 4. The zero-order valence-corrected chi connectivity index (χ0v) is 13.3. The standard InChI is InChI=1S/2C2H5NS2.Pb/c2*1-3-2(4)5;/h2*1H3,(H2,3,4,5);/q;;+2/p-2. The predicted octanol–water partition coefficient (Wildman–Crippen LogP) is 0.996. The molecule has 0 aromatic rings. The van der Waals surface area contributed by atoms with Gasteiger partial charge in [-0.15, -0.1) is 0 Å². The third kappa shape index (κ3) is 7.75. The van der Waals surface area contributed by atoms with Crippen molar-refractivity contribution in [3.63, 3.8) is 0 Å². The van der Waals surface area contributed by atoms with Crippen molar-refractivity contribution in [3.8, 4) is 0 Å². The van der Waals surface area contributed by atoms with E-state index in [2.05, 4.69) is 10.6 Å². The Kier molecular flexibility index (Phi) is 9.04. The molecule has 0 unspecified atom stereocenters. The molecule has 62 valence electrons. The van der Waals surface area contributed by atoms with Crippen molar-refractivity contribution >= 4 is 70.9 Å². The Bertz CT molecular complexity index is 135. The van der Waals surface area contributed by atoms with Crippen LogP contribution < -0.4 is 10.6 Å². The summed E-state index contributed by atoms with van der Waals surface area (Å²) in [7, 11) is 7.23. The van der Waals surface area contributed by atoms with Crippen molar-refractivity contribution in [1.82, 2.24) is 10.6 Å². The first-order valence-electron chi connectivity index (χ1n) is 2.72. The minimum absolute atomic E-state index is 0.736. The third-order valence-electron chi connectivity index (χ3n) is 0.677. The van der Waals surface area contributed by atoms with Crippen LogP contribution in [0.2, 0.25) is 0 Å². The van der Waals surface area contributed by atoms with Crippen molar-refractivity contribution in [3.05, 3.63) is 0 Å². The van der Waals surface area contributed by atoms with E-state index in [-0.39, 0.29) is 0 Å². The van der Waals surface area contributed by atoms with Crippen molar-refractivity contribution < 1.29 is 0 Å². The summed E-state index contributed by atoms with van der Waals surface area (Å²) in [6.45, 7) is 0. The van der Waals surface area contributed by atoms with Gasteiger partial charge < -0.3 is 0 Å². The van der Waals surface area contributed by atoms with Gasteiger partial charge in [0.2, 0.25) is 0 Å². The second-order valence-corrected chi connectivity index (χ2v) is 15.2. The molecule has 0 aromatic heterocycles. The first-order valence-corrected chi connectivity index (χ1v) is 14.7. The molecule has 0 rings (SSSR count). The quantitative estimate of drug-likeness (QED) is 0.512. The Labute approximate surface area is 94.5 Å². The molecule has 0 aromatic carbocycles. The average molecular weight is 420 g/mol. The van der Waals surface area contributed by atoms with Gasteiger partial charge in [-0.2, -0.15) is 0 Å². The van der Waals surface area contributed by atoms with Gasteiger partial charge in [0.1, 0.15) is 0 Å². The molecule has 0 aliphatic carbocycles. The van der Waals surface area contributed by atoms with Gasteiger partial charge in [0, 0.05) is 0 Å². The van der Waals surface area contributed by atoms with Gasteiger partial charge in [0.25, 0.3) is 0 Å². The summed E-state index contributed by atoms with van der Waals surface area (Å²) in [6.07, 6.45) is 0. The Balaban J connectivity index is 3.27. The van der Waals surface area contributed by atoms with E-state index < -0.39 is 21.2 Å².